The van der Waals surface area contributed by atoms with E-state index in [-0.39, 0.29) is 17.4 Å². The van der Waals surface area contributed by atoms with Gasteiger partial charge in [-0.05, 0) is 30.3 Å². The lowest BCUT2D eigenvalue weighted by Crippen LogP contribution is -2.49. The Hall–Kier alpha value is -3.33. The minimum absolute atomic E-state index is 0.0314. The Bertz CT molecular complexity index is 1030. The third-order valence-corrected chi connectivity index (χ3v) is 4.92. The Kier molecular flexibility index (Phi) is 4.74. The van der Waals surface area contributed by atoms with E-state index in [1.807, 2.05) is 0 Å². The first-order valence-corrected chi connectivity index (χ1v) is 8.88. The molecule has 28 heavy (non-hydrogen) atoms. The molecule has 0 atom stereocenters. The van der Waals surface area contributed by atoms with Crippen molar-refractivity contribution in [3.63, 3.8) is 0 Å². The molecular formula is C19H18FN5O3. The van der Waals surface area contributed by atoms with Crippen molar-refractivity contribution in [2.24, 2.45) is 0 Å². The number of carbonyl (C=O) groups is 1. The predicted molar refractivity (Wildman–Crippen MR) is 100 cm³/mol. The van der Waals surface area contributed by atoms with Crippen LogP contribution in [0, 0.1) is 15.9 Å². The van der Waals surface area contributed by atoms with Crippen molar-refractivity contribution in [3.8, 4) is 0 Å². The topological polar surface area (TPSA) is 84.5 Å². The number of rotatable bonds is 4. The lowest BCUT2D eigenvalue weighted by atomic mass is 10.2. The number of nitrogens with zero attached hydrogens (tertiary/aromatic N) is 5. The van der Waals surface area contributed by atoms with E-state index in [0.717, 1.165) is 5.39 Å². The second-order valence-electron chi connectivity index (χ2n) is 6.70. The van der Waals surface area contributed by atoms with Gasteiger partial charge in [-0.25, -0.2) is 4.39 Å². The molecule has 144 valence electrons. The van der Waals surface area contributed by atoms with Crippen LogP contribution >= 0.6 is 0 Å². The molecule has 0 saturated carbocycles. The fraction of sp³-hybridized carbons (Fsp3) is 0.263. The number of hydrogen-bond acceptors (Lipinski definition) is 5. The molecule has 0 bridgehead atoms. The highest BCUT2D eigenvalue weighted by atomic mass is 19.1. The molecule has 1 saturated heterocycles. The number of nitro benzene ring substituents is 1. The monoisotopic (exact) mass is 383 g/mol. The van der Waals surface area contributed by atoms with Crippen molar-refractivity contribution in [1.82, 2.24) is 19.6 Å². The first-order valence-electron chi connectivity index (χ1n) is 8.88. The quantitative estimate of drug-likeness (QED) is 0.511. The minimum atomic E-state index is -0.420. The van der Waals surface area contributed by atoms with Crippen LogP contribution < -0.4 is 0 Å². The van der Waals surface area contributed by atoms with Crippen molar-refractivity contribution in [2.75, 3.05) is 26.2 Å². The summed E-state index contributed by atoms with van der Waals surface area (Å²) < 4.78 is 14.8. The predicted octanol–water partition coefficient (Wildman–Crippen LogP) is 2.50. The second kappa shape index (κ2) is 7.35. The van der Waals surface area contributed by atoms with E-state index in [2.05, 4.69) is 10.00 Å². The fourth-order valence-electron chi connectivity index (χ4n) is 3.34. The molecule has 0 unspecified atom stereocenters. The van der Waals surface area contributed by atoms with Crippen LogP contribution in [0.1, 0.15) is 10.4 Å². The van der Waals surface area contributed by atoms with E-state index in [1.54, 1.807) is 21.8 Å². The van der Waals surface area contributed by atoms with Gasteiger partial charge in [-0.3, -0.25) is 24.5 Å². The van der Waals surface area contributed by atoms with Gasteiger partial charge in [0.25, 0.3) is 11.6 Å². The van der Waals surface area contributed by atoms with Crippen molar-refractivity contribution in [3.05, 3.63) is 70.2 Å². The zero-order chi connectivity index (χ0) is 19.7. The second-order valence-corrected chi connectivity index (χ2v) is 6.70. The van der Waals surface area contributed by atoms with Crippen LogP contribution in [0.2, 0.25) is 0 Å². The summed E-state index contributed by atoms with van der Waals surface area (Å²) in [6.45, 7) is 2.90. The molecule has 8 nitrogen and oxygen atoms in total. The lowest BCUT2D eigenvalue weighted by Gasteiger charge is -2.34. The van der Waals surface area contributed by atoms with Crippen LogP contribution in [-0.4, -0.2) is 56.6 Å². The summed E-state index contributed by atoms with van der Waals surface area (Å²) in [7, 11) is 0. The number of aromatic nitrogens is 2. The van der Waals surface area contributed by atoms with Crippen LogP contribution in [0.5, 0.6) is 0 Å². The average molecular weight is 383 g/mol. The number of benzene rings is 2. The maximum absolute atomic E-state index is 13.0. The molecule has 1 aliphatic rings. The number of fused-ring (bicyclic) bond motifs is 1. The lowest BCUT2D eigenvalue weighted by molar-refractivity contribution is -0.384. The number of piperazine rings is 1. The zero-order valence-electron chi connectivity index (χ0n) is 15.0. The van der Waals surface area contributed by atoms with Crippen LogP contribution in [0.4, 0.5) is 10.1 Å². The SMILES string of the molecule is O=C(c1ccc(F)cc1)N1CCN(Cn2ncc3ccc([N+](=O)[O-])cc32)CC1. The Morgan fingerprint density at radius 1 is 1.11 bits per heavy atom. The molecule has 9 heteroatoms. The highest BCUT2D eigenvalue weighted by Crippen LogP contribution is 2.21. The third-order valence-electron chi connectivity index (χ3n) is 4.92. The van der Waals surface area contributed by atoms with Crippen molar-refractivity contribution >= 4 is 22.5 Å². The van der Waals surface area contributed by atoms with Gasteiger partial charge >= 0.3 is 0 Å². The Balaban J connectivity index is 1.41. The normalized spacial score (nSPS) is 15.1. The fourth-order valence-corrected chi connectivity index (χ4v) is 3.34. The maximum atomic E-state index is 13.0. The number of carbonyl (C=O) groups excluding carboxylic acids is 1. The number of nitro groups is 1. The Labute approximate surface area is 159 Å². The van der Waals surface area contributed by atoms with Crippen molar-refractivity contribution in [1.29, 1.82) is 0 Å². The molecule has 2 heterocycles. The average Bonchev–Trinajstić information content (AvgIpc) is 3.10. The Morgan fingerprint density at radius 3 is 2.50 bits per heavy atom. The molecule has 0 aliphatic carbocycles. The molecule has 0 spiro atoms. The minimum Gasteiger partial charge on any atom is -0.336 e. The van der Waals surface area contributed by atoms with E-state index in [0.29, 0.717) is 43.9 Å². The summed E-state index contributed by atoms with van der Waals surface area (Å²) in [6.07, 6.45) is 1.69. The molecule has 0 N–H and O–H groups in total. The largest absolute Gasteiger partial charge is 0.336 e. The maximum Gasteiger partial charge on any atom is 0.271 e. The summed E-state index contributed by atoms with van der Waals surface area (Å²) in [6, 6.07) is 10.2. The van der Waals surface area contributed by atoms with E-state index in [1.165, 1.54) is 36.4 Å². The first kappa shape index (κ1) is 18.1. The molecule has 1 fully saturated rings. The van der Waals surface area contributed by atoms with Crippen molar-refractivity contribution in [2.45, 2.75) is 6.67 Å². The van der Waals surface area contributed by atoms with Gasteiger partial charge in [-0.15, -0.1) is 0 Å². The van der Waals surface area contributed by atoms with Gasteiger partial charge in [0, 0.05) is 49.3 Å². The van der Waals surface area contributed by atoms with Gasteiger partial charge in [0.05, 0.1) is 23.3 Å². The first-order chi connectivity index (χ1) is 13.5. The van der Waals surface area contributed by atoms with Crippen LogP contribution in [0.3, 0.4) is 0 Å². The molecule has 4 rings (SSSR count). The van der Waals surface area contributed by atoms with Crippen molar-refractivity contribution < 1.29 is 14.1 Å². The molecule has 1 amide bonds. The van der Waals surface area contributed by atoms with E-state index in [9.17, 15) is 19.3 Å². The summed E-state index contributed by atoms with van der Waals surface area (Å²) in [5.41, 5.74) is 1.21. The molecule has 3 aromatic rings. The number of amides is 1. The summed E-state index contributed by atoms with van der Waals surface area (Å²) in [4.78, 5) is 27.0. The van der Waals surface area contributed by atoms with E-state index in [4.69, 9.17) is 0 Å². The van der Waals surface area contributed by atoms with E-state index >= 15 is 0 Å². The Morgan fingerprint density at radius 2 is 1.82 bits per heavy atom. The van der Waals surface area contributed by atoms with Crippen LogP contribution in [-0.2, 0) is 6.67 Å². The van der Waals surface area contributed by atoms with Crippen LogP contribution in [0.15, 0.2) is 48.7 Å². The molecule has 0 radical (unpaired) electrons. The number of hydrogen-bond donors (Lipinski definition) is 0. The van der Waals surface area contributed by atoms with Gasteiger partial charge in [-0.2, -0.15) is 5.10 Å². The summed E-state index contributed by atoms with van der Waals surface area (Å²) in [5.74, 6) is -0.479. The van der Waals surface area contributed by atoms with E-state index < -0.39 is 4.92 Å². The zero-order valence-corrected chi connectivity index (χ0v) is 15.0. The number of non-ortho nitro benzene ring substituents is 1. The van der Waals surface area contributed by atoms with Gasteiger partial charge in [-0.1, -0.05) is 0 Å². The molecule has 2 aromatic carbocycles. The van der Waals surface area contributed by atoms with Gasteiger partial charge in [0.15, 0.2) is 0 Å². The molecule has 1 aromatic heterocycles. The van der Waals surface area contributed by atoms with Gasteiger partial charge in [0.1, 0.15) is 5.82 Å². The summed E-state index contributed by atoms with van der Waals surface area (Å²) >= 11 is 0. The summed E-state index contributed by atoms with van der Waals surface area (Å²) in [5, 5.41) is 16.2. The van der Waals surface area contributed by atoms with Crippen LogP contribution in [0.25, 0.3) is 10.9 Å². The highest BCUT2D eigenvalue weighted by Gasteiger charge is 2.23. The third kappa shape index (κ3) is 3.56. The highest BCUT2D eigenvalue weighted by molar-refractivity contribution is 5.94. The molecular weight excluding hydrogens is 365 g/mol. The molecule has 1 aliphatic heterocycles. The standard InChI is InChI=1S/C19H18FN5O3/c20-16-4-1-14(2-5-16)19(26)23-9-7-22(8-10-23)13-24-18-11-17(25(27)28)6-3-15(18)12-21-24/h1-6,11-12H,7-10,13H2. The number of halogens is 1. The van der Waals surface area contributed by atoms with Gasteiger partial charge in [0.2, 0.25) is 0 Å². The smallest absolute Gasteiger partial charge is 0.271 e. The van der Waals surface area contributed by atoms with Gasteiger partial charge < -0.3 is 4.90 Å².